The van der Waals surface area contributed by atoms with E-state index in [0.29, 0.717) is 5.84 Å². The van der Waals surface area contributed by atoms with Gasteiger partial charge in [0, 0.05) is 18.1 Å². The van der Waals surface area contributed by atoms with Crippen LogP contribution in [-0.4, -0.2) is 29.5 Å². The van der Waals surface area contributed by atoms with Gasteiger partial charge in [0.05, 0.1) is 4.91 Å². The Morgan fingerprint density at radius 3 is 2.68 bits per heavy atom. The number of thioether (sulfide) groups is 2. The number of nitrogens with zero attached hydrogens (tertiary/aromatic N) is 3. The van der Waals surface area contributed by atoms with Crippen molar-refractivity contribution in [2.24, 2.45) is 9.98 Å². The SMILES string of the molecule is CCSC1=NC2=NC=CSC2=CN1c1ccc(OCC(F)(F)F)cc1. The number of aliphatic imine (C=N–C) groups is 2. The zero-order chi connectivity index (χ0) is 17.9. The molecule has 0 spiro atoms. The van der Waals surface area contributed by atoms with E-state index in [2.05, 4.69) is 9.98 Å². The zero-order valence-electron chi connectivity index (χ0n) is 13.2. The summed E-state index contributed by atoms with van der Waals surface area (Å²) in [6, 6.07) is 6.45. The maximum atomic E-state index is 12.2. The number of rotatable bonds is 4. The Balaban J connectivity index is 1.81. The Labute approximate surface area is 151 Å². The van der Waals surface area contributed by atoms with Gasteiger partial charge in [-0.15, -0.1) is 0 Å². The fourth-order valence-electron chi connectivity index (χ4n) is 2.09. The molecule has 0 fully saturated rings. The first-order valence-corrected chi connectivity index (χ1v) is 9.25. The molecule has 0 aromatic heterocycles. The van der Waals surface area contributed by atoms with Gasteiger partial charge in [-0.3, -0.25) is 4.90 Å². The molecule has 2 aliphatic heterocycles. The lowest BCUT2D eigenvalue weighted by atomic mass is 10.3. The lowest BCUT2D eigenvalue weighted by Gasteiger charge is -2.27. The van der Waals surface area contributed by atoms with Gasteiger partial charge in [-0.25, -0.2) is 9.98 Å². The summed E-state index contributed by atoms with van der Waals surface area (Å²) in [6.07, 6.45) is -0.712. The first-order valence-electron chi connectivity index (χ1n) is 7.38. The molecule has 1 aromatic carbocycles. The Morgan fingerprint density at radius 2 is 2.00 bits per heavy atom. The monoisotopic (exact) mass is 385 g/mol. The van der Waals surface area contributed by atoms with Gasteiger partial charge in [0.25, 0.3) is 0 Å². The third-order valence-electron chi connectivity index (χ3n) is 3.12. The smallest absolute Gasteiger partial charge is 0.422 e. The standard InChI is InChI=1S/C16H14F3N3OS2/c1-2-24-15-21-14-13(25-8-7-20-14)9-22(15)11-3-5-12(6-4-11)23-10-16(17,18)19/h3-9H,2,10H2,1H3. The molecule has 2 aliphatic rings. The van der Waals surface area contributed by atoms with Gasteiger partial charge in [-0.2, -0.15) is 13.2 Å². The molecule has 9 heteroatoms. The van der Waals surface area contributed by atoms with Crippen LogP contribution in [0.2, 0.25) is 0 Å². The van der Waals surface area contributed by atoms with E-state index in [1.807, 2.05) is 23.4 Å². The van der Waals surface area contributed by atoms with E-state index < -0.39 is 12.8 Å². The zero-order valence-corrected chi connectivity index (χ0v) is 14.8. The highest BCUT2D eigenvalue weighted by atomic mass is 32.2. The average molecular weight is 385 g/mol. The molecule has 0 aliphatic carbocycles. The molecule has 0 amide bonds. The molecule has 2 heterocycles. The number of fused-ring (bicyclic) bond motifs is 1. The first-order chi connectivity index (χ1) is 12.0. The first kappa shape index (κ1) is 17.9. The van der Waals surface area contributed by atoms with Crippen LogP contribution >= 0.6 is 23.5 Å². The predicted molar refractivity (Wildman–Crippen MR) is 98.3 cm³/mol. The van der Waals surface area contributed by atoms with Crippen LogP contribution in [0.15, 0.2) is 57.0 Å². The summed E-state index contributed by atoms with van der Waals surface area (Å²) in [6.45, 7) is 0.720. The molecule has 0 bridgehead atoms. The van der Waals surface area contributed by atoms with Crippen LogP contribution in [0.1, 0.15) is 6.92 Å². The topological polar surface area (TPSA) is 37.2 Å². The maximum Gasteiger partial charge on any atom is 0.422 e. The van der Waals surface area contributed by atoms with E-state index in [0.717, 1.165) is 21.5 Å². The van der Waals surface area contributed by atoms with Crippen molar-refractivity contribution < 1.29 is 17.9 Å². The van der Waals surface area contributed by atoms with Crippen LogP contribution < -0.4 is 9.64 Å². The molecule has 0 atom stereocenters. The highest BCUT2D eigenvalue weighted by Crippen LogP contribution is 2.32. The van der Waals surface area contributed by atoms with Crippen LogP contribution in [0.25, 0.3) is 0 Å². The lowest BCUT2D eigenvalue weighted by Crippen LogP contribution is -2.29. The molecule has 132 valence electrons. The van der Waals surface area contributed by atoms with Crippen molar-refractivity contribution in [2.45, 2.75) is 13.1 Å². The second-order valence-corrected chi connectivity index (χ2v) is 7.12. The Hall–Kier alpha value is -1.87. The van der Waals surface area contributed by atoms with Gasteiger partial charge >= 0.3 is 6.18 Å². The van der Waals surface area contributed by atoms with Crippen molar-refractivity contribution in [3.8, 4) is 5.75 Å². The van der Waals surface area contributed by atoms with E-state index in [9.17, 15) is 13.2 Å². The molecule has 1 aromatic rings. The van der Waals surface area contributed by atoms with E-state index >= 15 is 0 Å². The van der Waals surface area contributed by atoms with Gasteiger partial charge in [0.2, 0.25) is 0 Å². The number of anilines is 1. The fourth-order valence-corrected chi connectivity index (χ4v) is 3.44. The van der Waals surface area contributed by atoms with Gasteiger partial charge in [0.15, 0.2) is 17.6 Å². The number of hydrogen-bond donors (Lipinski definition) is 0. The molecule has 25 heavy (non-hydrogen) atoms. The Morgan fingerprint density at radius 1 is 1.24 bits per heavy atom. The molecule has 0 unspecified atom stereocenters. The molecular formula is C16H14F3N3OS2. The van der Waals surface area contributed by atoms with Gasteiger partial charge in [-0.1, -0.05) is 30.4 Å². The number of benzene rings is 1. The molecule has 0 saturated heterocycles. The normalized spacial score (nSPS) is 16.8. The van der Waals surface area contributed by atoms with E-state index in [-0.39, 0.29) is 5.75 Å². The van der Waals surface area contributed by atoms with Crippen LogP contribution in [0, 0.1) is 0 Å². The van der Waals surface area contributed by atoms with Gasteiger partial charge in [0.1, 0.15) is 5.75 Å². The summed E-state index contributed by atoms with van der Waals surface area (Å²) in [5.41, 5.74) is 0.792. The van der Waals surface area contributed by atoms with Crippen molar-refractivity contribution >= 4 is 40.2 Å². The Bertz CT molecular complexity index is 755. The summed E-state index contributed by atoms with van der Waals surface area (Å²) in [7, 11) is 0. The minimum Gasteiger partial charge on any atom is -0.484 e. The molecular weight excluding hydrogens is 371 g/mol. The highest BCUT2D eigenvalue weighted by Gasteiger charge is 2.28. The fraction of sp³-hybridized carbons (Fsp3) is 0.250. The third kappa shape index (κ3) is 4.60. The number of amidine groups is 2. The average Bonchev–Trinajstić information content (AvgIpc) is 2.59. The molecule has 0 N–H and O–H groups in total. The minimum atomic E-state index is -4.35. The number of alkyl halides is 3. The summed E-state index contributed by atoms with van der Waals surface area (Å²) < 4.78 is 41.4. The van der Waals surface area contributed by atoms with Gasteiger partial charge < -0.3 is 4.74 Å². The van der Waals surface area contributed by atoms with Crippen molar-refractivity contribution in [3.63, 3.8) is 0 Å². The predicted octanol–water partition coefficient (Wildman–Crippen LogP) is 5.01. The third-order valence-corrected chi connectivity index (χ3v) is 4.75. The summed E-state index contributed by atoms with van der Waals surface area (Å²) in [5, 5.41) is 2.64. The second-order valence-electron chi connectivity index (χ2n) is 4.94. The molecule has 3 rings (SSSR count). The van der Waals surface area contributed by atoms with Crippen LogP contribution in [0.5, 0.6) is 5.75 Å². The summed E-state index contributed by atoms with van der Waals surface area (Å²) in [4.78, 5) is 11.7. The van der Waals surface area contributed by atoms with Crippen LogP contribution in [-0.2, 0) is 0 Å². The van der Waals surface area contributed by atoms with Crippen molar-refractivity contribution in [1.82, 2.24) is 0 Å². The van der Waals surface area contributed by atoms with Crippen LogP contribution in [0.3, 0.4) is 0 Å². The van der Waals surface area contributed by atoms with Crippen LogP contribution in [0.4, 0.5) is 18.9 Å². The maximum absolute atomic E-state index is 12.2. The largest absolute Gasteiger partial charge is 0.484 e. The molecule has 0 saturated carbocycles. The molecule has 4 nitrogen and oxygen atoms in total. The number of halogens is 3. The van der Waals surface area contributed by atoms with Crippen molar-refractivity contribution in [1.29, 1.82) is 0 Å². The van der Waals surface area contributed by atoms with Crippen molar-refractivity contribution in [2.75, 3.05) is 17.3 Å². The number of ether oxygens (including phenoxy) is 1. The van der Waals surface area contributed by atoms with E-state index in [4.69, 9.17) is 4.74 Å². The second kappa shape index (κ2) is 7.57. The Kier molecular flexibility index (Phi) is 5.43. The number of hydrogen-bond acceptors (Lipinski definition) is 6. The van der Waals surface area contributed by atoms with Crippen molar-refractivity contribution in [3.05, 3.63) is 47.0 Å². The quantitative estimate of drug-likeness (QED) is 0.730. The van der Waals surface area contributed by atoms with E-state index in [1.54, 1.807) is 30.1 Å². The van der Waals surface area contributed by atoms with E-state index in [1.165, 1.54) is 23.9 Å². The van der Waals surface area contributed by atoms with Gasteiger partial charge in [-0.05, 0) is 35.4 Å². The summed E-state index contributed by atoms with van der Waals surface area (Å²) in [5.74, 6) is 1.68. The summed E-state index contributed by atoms with van der Waals surface area (Å²) >= 11 is 3.09. The lowest BCUT2D eigenvalue weighted by molar-refractivity contribution is -0.153. The molecule has 0 radical (unpaired) electrons. The highest BCUT2D eigenvalue weighted by molar-refractivity contribution is 8.14. The minimum absolute atomic E-state index is 0.171.